The van der Waals surface area contributed by atoms with Crippen LogP contribution in [-0.4, -0.2) is 28.2 Å². The standard InChI is InChI=1S/C23H20N4O2S/c1-28-20-13-9-19(10-14-20)22-25-26-23(30)27(22)24-15-17-7-11-21(12-8-17)29-16-18-5-3-2-4-6-18/h2-15H,16H2,1H3,(H,26,30)/b24-15+. The van der Waals surface area contributed by atoms with Gasteiger partial charge in [0.1, 0.15) is 18.1 Å². The maximum Gasteiger partial charge on any atom is 0.216 e. The number of aromatic nitrogens is 3. The summed E-state index contributed by atoms with van der Waals surface area (Å²) >= 11 is 5.33. The molecule has 3 aromatic carbocycles. The Kier molecular flexibility index (Phi) is 6.01. The fourth-order valence-electron chi connectivity index (χ4n) is 2.84. The smallest absolute Gasteiger partial charge is 0.216 e. The first-order chi connectivity index (χ1) is 14.7. The second-order valence-corrected chi connectivity index (χ2v) is 6.87. The average Bonchev–Trinajstić information content (AvgIpc) is 3.18. The summed E-state index contributed by atoms with van der Waals surface area (Å²) in [4.78, 5) is 0. The highest BCUT2D eigenvalue weighted by atomic mass is 32.1. The molecule has 0 amide bonds. The minimum absolute atomic E-state index is 0.417. The third kappa shape index (κ3) is 4.64. The molecule has 1 heterocycles. The molecular formula is C23H20N4O2S. The molecule has 0 unspecified atom stereocenters. The van der Waals surface area contributed by atoms with Gasteiger partial charge in [-0.05, 0) is 71.9 Å². The molecule has 0 aliphatic rings. The Bertz CT molecular complexity index is 1180. The van der Waals surface area contributed by atoms with Crippen molar-refractivity contribution in [2.24, 2.45) is 5.10 Å². The first-order valence-corrected chi connectivity index (χ1v) is 9.77. The zero-order chi connectivity index (χ0) is 20.8. The van der Waals surface area contributed by atoms with Gasteiger partial charge < -0.3 is 9.47 Å². The van der Waals surface area contributed by atoms with Crippen molar-refractivity contribution < 1.29 is 9.47 Å². The number of aromatic amines is 1. The van der Waals surface area contributed by atoms with E-state index in [4.69, 9.17) is 21.7 Å². The number of methoxy groups -OCH3 is 1. The lowest BCUT2D eigenvalue weighted by Gasteiger charge is -2.06. The fourth-order valence-corrected chi connectivity index (χ4v) is 3.02. The summed E-state index contributed by atoms with van der Waals surface area (Å²) in [5, 5.41) is 11.6. The monoisotopic (exact) mass is 416 g/mol. The van der Waals surface area contributed by atoms with E-state index in [0.29, 0.717) is 17.2 Å². The van der Waals surface area contributed by atoms with Gasteiger partial charge in [-0.1, -0.05) is 30.3 Å². The van der Waals surface area contributed by atoms with Crippen LogP contribution in [0.1, 0.15) is 11.1 Å². The van der Waals surface area contributed by atoms with E-state index in [0.717, 1.165) is 28.2 Å². The predicted molar refractivity (Wildman–Crippen MR) is 120 cm³/mol. The Labute approximate surface area is 179 Å². The van der Waals surface area contributed by atoms with Crippen LogP contribution in [0.15, 0.2) is 84.0 Å². The molecule has 7 heteroatoms. The van der Waals surface area contributed by atoms with Gasteiger partial charge in [0.2, 0.25) is 4.77 Å². The molecule has 0 bridgehead atoms. The van der Waals surface area contributed by atoms with E-state index in [1.165, 1.54) is 0 Å². The van der Waals surface area contributed by atoms with E-state index < -0.39 is 0 Å². The van der Waals surface area contributed by atoms with Crippen LogP contribution in [0.25, 0.3) is 11.4 Å². The van der Waals surface area contributed by atoms with Crippen LogP contribution < -0.4 is 9.47 Å². The number of hydrogen-bond acceptors (Lipinski definition) is 5. The molecule has 0 aliphatic heterocycles. The molecule has 0 radical (unpaired) electrons. The minimum atomic E-state index is 0.417. The molecule has 30 heavy (non-hydrogen) atoms. The maximum atomic E-state index is 5.82. The average molecular weight is 417 g/mol. The second kappa shape index (κ2) is 9.19. The molecule has 0 saturated heterocycles. The summed E-state index contributed by atoms with van der Waals surface area (Å²) in [6.45, 7) is 0.531. The van der Waals surface area contributed by atoms with Gasteiger partial charge >= 0.3 is 0 Å². The molecular weight excluding hydrogens is 396 g/mol. The Morgan fingerprint density at radius 2 is 1.67 bits per heavy atom. The normalized spacial score (nSPS) is 11.0. The van der Waals surface area contributed by atoms with Crippen molar-refractivity contribution in [1.29, 1.82) is 0 Å². The van der Waals surface area contributed by atoms with Gasteiger partial charge in [-0.3, -0.25) is 0 Å². The molecule has 0 aliphatic carbocycles. The third-order valence-corrected chi connectivity index (χ3v) is 4.71. The highest BCUT2D eigenvalue weighted by Gasteiger charge is 2.08. The van der Waals surface area contributed by atoms with Crippen molar-refractivity contribution in [2.45, 2.75) is 6.61 Å². The van der Waals surface area contributed by atoms with Crippen molar-refractivity contribution >= 4 is 18.4 Å². The van der Waals surface area contributed by atoms with Crippen LogP contribution >= 0.6 is 12.2 Å². The van der Waals surface area contributed by atoms with Gasteiger partial charge in [-0.15, -0.1) is 0 Å². The number of nitrogens with one attached hydrogen (secondary N) is 1. The summed E-state index contributed by atoms with van der Waals surface area (Å²) in [6, 6.07) is 25.4. The molecule has 1 N–H and O–H groups in total. The predicted octanol–water partition coefficient (Wildman–Crippen LogP) is 5.08. The molecule has 150 valence electrons. The summed E-state index contributed by atoms with van der Waals surface area (Å²) in [5.41, 5.74) is 2.93. The van der Waals surface area contributed by atoms with E-state index in [-0.39, 0.29) is 0 Å². The van der Waals surface area contributed by atoms with Crippen molar-refractivity contribution in [3.8, 4) is 22.9 Å². The van der Waals surface area contributed by atoms with Gasteiger partial charge in [-0.25, -0.2) is 5.10 Å². The number of nitrogens with zero attached hydrogens (tertiary/aromatic N) is 3. The van der Waals surface area contributed by atoms with E-state index in [9.17, 15) is 0 Å². The molecule has 0 spiro atoms. The van der Waals surface area contributed by atoms with Crippen LogP contribution in [0.5, 0.6) is 11.5 Å². The zero-order valence-corrected chi connectivity index (χ0v) is 17.2. The highest BCUT2D eigenvalue weighted by molar-refractivity contribution is 7.71. The van der Waals surface area contributed by atoms with Gasteiger partial charge in [-0.2, -0.15) is 14.9 Å². The van der Waals surface area contributed by atoms with Crippen LogP contribution in [0, 0.1) is 4.77 Å². The van der Waals surface area contributed by atoms with Gasteiger partial charge in [0.25, 0.3) is 0 Å². The largest absolute Gasteiger partial charge is 0.497 e. The van der Waals surface area contributed by atoms with Crippen molar-refractivity contribution in [2.75, 3.05) is 7.11 Å². The van der Waals surface area contributed by atoms with Gasteiger partial charge in [0.15, 0.2) is 5.82 Å². The van der Waals surface area contributed by atoms with Crippen LogP contribution in [-0.2, 0) is 6.61 Å². The van der Waals surface area contributed by atoms with Crippen molar-refractivity contribution in [3.63, 3.8) is 0 Å². The van der Waals surface area contributed by atoms with E-state index >= 15 is 0 Å². The summed E-state index contributed by atoms with van der Waals surface area (Å²) in [7, 11) is 1.63. The Hall–Kier alpha value is -3.71. The Balaban J connectivity index is 1.47. The molecule has 0 atom stereocenters. The second-order valence-electron chi connectivity index (χ2n) is 6.48. The summed E-state index contributed by atoms with van der Waals surface area (Å²) in [6.07, 6.45) is 1.74. The van der Waals surface area contributed by atoms with Crippen LogP contribution in [0.2, 0.25) is 0 Å². The molecule has 6 nitrogen and oxygen atoms in total. The van der Waals surface area contributed by atoms with Crippen LogP contribution in [0.4, 0.5) is 0 Å². The van der Waals surface area contributed by atoms with E-state index in [2.05, 4.69) is 15.3 Å². The molecule has 4 rings (SSSR count). The fraction of sp³-hybridized carbons (Fsp3) is 0.0870. The maximum absolute atomic E-state index is 5.82. The van der Waals surface area contributed by atoms with Crippen molar-refractivity contribution in [3.05, 3.63) is 94.8 Å². The first kappa shape index (κ1) is 19.6. The van der Waals surface area contributed by atoms with Crippen LogP contribution in [0.3, 0.4) is 0 Å². The number of hydrogen-bond donors (Lipinski definition) is 1. The molecule has 0 saturated carbocycles. The van der Waals surface area contributed by atoms with E-state index in [1.54, 1.807) is 18.0 Å². The number of benzene rings is 3. The Morgan fingerprint density at radius 3 is 2.37 bits per heavy atom. The molecule has 4 aromatic rings. The highest BCUT2D eigenvalue weighted by Crippen LogP contribution is 2.21. The lowest BCUT2D eigenvalue weighted by molar-refractivity contribution is 0.306. The summed E-state index contributed by atoms with van der Waals surface area (Å²) in [5.74, 6) is 2.20. The lowest BCUT2D eigenvalue weighted by atomic mass is 10.2. The number of rotatable bonds is 7. The SMILES string of the molecule is COc1ccc(-c2n[nH]c(=S)n2/N=C/c2ccc(OCc3ccccc3)cc2)cc1. The first-order valence-electron chi connectivity index (χ1n) is 9.36. The quantitative estimate of drug-likeness (QED) is 0.337. The third-order valence-electron chi connectivity index (χ3n) is 4.45. The van der Waals surface area contributed by atoms with Gasteiger partial charge in [0, 0.05) is 5.56 Å². The summed E-state index contributed by atoms with van der Waals surface area (Å²) < 4.78 is 13.0. The van der Waals surface area contributed by atoms with Crippen molar-refractivity contribution in [1.82, 2.24) is 14.9 Å². The lowest BCUT2D eigenvalue weighted by Crippen LogP contribution is -1.96. The van der Waals surface area contributed by atoms with Gasteiger partial charge in [0.05, 0.1) is 13.3 Å². The number of ether oxygens (including phenoxy) is 2. The number of H-pyrrole nitrogens is 1. The Morgan fingerprint density at radius 1 is 0.967 bits per heavy atom. The zero-order valence-electron chi connectivity index (χ0n) is 16.4. The topological polar surface area (TPSA) is 64.4 Å². The molecule has 1 aromatic heterocycles. The molecule has 0 fully saturated rings. The minimum Gasteiger partial charge on any atom is -0.497 e. The van der Waals surface area contributed by atoms with E-state index in [1.807, 2.05) is 78.9 Å².